The number of aliphatic hydroxyl groups is 1. The van der Waals surface area contributed by atoms with Gasteiger partial charge >= 0.3 is 5.97 Å². The fourth-order valence-corrected chi connectivity index (χ4v) is 5.07. The SMILES string of the molecule is CC(O)C1C(=O)N2C(C(=O)O)=C(CC3CCNCC3)S[C@H]12. The third-order valence-corrected chi connectivity index (χ3v) is 5.90. The molecule has 0 saturated carbocycles. The van der Waals surface area contributed by atoms with Gasteiger partial charge in [0.15, 0.2) is 0 Å². The lowest BCUT2D eigenvalue weighted by molar-refractivity contribution is -0.156. The van der Waals surface area contributed by atoms with Gasteiger partial charge in [-0.15, -0.1) is 11.8 Å². The first-order valence-electron chi connectivity index (χ1n) is 7.35. The minimum Gasteiger partial charge on any atom is -0.477 e. The molecule has 3 aliphatic heterocycles. The second kappa shape index (κ2) is 5.62. The molecule has 3 rings (SSSR count). The van der Waals surface area contributed by atoms with Gasteiger partial charge in [-0.05, 0) is 45.2 Å². The minimum absolute atomic E-state index is 0.144. The Bertz CT molecular complexity index is 499. The van der Waals surface area contributed by atoms with Gasteiger partial charge in [-0.2, -0.15) is 0 Å². The molecule has 0 aromatic rings. The van der Waals surface area contributed by atoms with Crippen molar-refractivity contribution < 1.29 is 19.8 Å². The van der Waals surface area contributed by atoms with E-state index >= 15 is 0 Å². The molecule has 0 radical (unpaired) electrons. The summed E-state index contributed by atoms with van der Waals surface area (Å²) in [6, 6.07) is 0. The number of aliphatic hydroxyl groups excluding tert-OH is 1. The van der Waals surface area contributed by atoms with E-state index in [1.165, 1.54) is 16.7 Å². The number of carboxylic acid groups (broad SMARTS) is 1. The zero-order chi connectivity index (χ0) is 15.1. The maximum Gasteiger partial charge on any atom is 0.353 e. The highest BCUT2D eigenvalue weighted by Gasteiger charge is 2.57. The average Bonchev–Trinajstić information content (AvgIpc) is 2.74. The van der Waals surface area contributed by atoms with Crippen LogP contribution < -0.4 is 5.32 Å². The lowest BCUT2D eigenvalue weighted by atomic mass is 9.91. The number of rotatable bonds is 4. The van der Waals surface area contributed by atoms with Crippen LogP contribution in [0.4, 0.5) is 0 Å². The highest BCUT2D eigenvalue weighted by atomic mass is 32.2. The van der Waals surface area contributed by atoms with Crippen LogP contribution in [0.3, 0.4) is 0 Å². The summed E-state index contributed by atoms with van der Waals surface area (Å²) in [5.74, 6) is -1.30. The number of fused-ring (bicyclic) bond motifs is 1. The molecule has 1 amide bonds. The van der Waals surface area contributed by atoms with Crippen LogP contribution in [0.5, 0.6) is 0 Å². The molecular formula is C14H20N2O4S. The number of allylic oxidation sites excluding steroid dienone is 1. The van der Waals surface area contributed by atoms with Crippen LogP contribution in [0, 0.1) is 11.8 Å². The van der Waals surface area contributed by atoms with Crippen LogP contribution in [0.1, 0.15) is 26.2 Å². The number of carboxylic acids is 1. The molecule has 21 heavy (non-hydrogen) atoms. The molecule has 3 aliphatic rings. The van der Waals surface area contributed by atoms with E-state index in [0.29, 0.717) is 5.92 Å². The average molecular weight is 312 g/mol. The Kier molecular flexibility index (Phi) is 3.98. The van der Waals surface area contributed by atoms with Crippen molar-refractivity contribution in [2.45, 2.75) is 37.7 Å². The summed E-state index contributed by atoms with van der Waals surface area (Å²) >= 11 is 1.45. The van der Waals surface area contributed by atoms with Crippen LogP contribution in [-0.4, -0.2) is 51.6 Å². The van der Waals surface area contributed by atoms with E-state index in [4.69, 9.17) is 0 Å². The van der Waals surface area contributed by atoms with Gasteiger partial charge in [-0.3, -0.25) is 9.69 Å². The molecule has 3 heterocycles. The largest absolute Gasteiger partial charge is 0.477 e. The van der Waals surface area contributed by atoms with Crippen molar-refractivity contribution in [2.24, 2.45) is 11.8 Å². The Labute approximate surface area is 127 Å². The summed E-state index contributed by atoms with van der Waals surface area (Å²) in [4.78, 5) is 25.8. The van der Waals surface area contributed by atoms with Crippen LogP contribution in [-0.2, 0) is 9.59 Å². The number of thioether (sulfide) groups is 1. The molecule has 3 N–H and O–H groups in total. The fraction of sp³-hybridized carbons (Fsp3) is 0.714. The molecule has 0 aromatic carbocycles. The highest BCUT2D eigenvalue weighted by molar-refractivity contribution is 8.04. The molecule has 0 spiro atoms. The third-order valence-electron chi connectivity index (χ3n) is 4.51. The number of hydrogen-bond donors (Lipinski definition) is 3. The zero-order valence-electron chi connectivity index (χ0n) is 11.9. The molecule has 2 saturated heterocycles. The van der Waals surface area contributed by atoms with Crippen LogP contribution >= 0.6 is 11.8 Å². The Hall–Kier alpha value is -1.05. The number of aliphatic carboxylic acids is 1. The third kappa shape index (κ3) is 2.47. The first kappa shape index (κ1) is 14.9. The zero-order valence-corrected chi connectivity index (χ0v) is 12.7. The first-order chi connectivity index (χ1) is 10.0. The molecule has 116 valence electrons. The summed E-state index contributed by atoms with van der Waals surface area (Å²) in [5, 5.41) is 22.2. The van der Waals surface area contributed by atoms with E-state index in [1.807, 2.05) is 0 Å². The second-order valence-corrected chi connectivity index (χ2v) is 7.17. The molecule has 0 aliphatic carbocycles. The number of piperidine rings is 1. The standard InChI is InChI=1S/C14H20N2O4S/c1-7(17)10-12(18)16-11(14(19)20)9(21-13(10)16)6-8-2-4-15-5-3-8/h7-8,10,13,15,17H,2-6H2,1H3,(H,19,20)/t7?,10?,13-/m1/s1. The topological polar surface area (TPSA) is 89.9 Å². The van der Waals surface area contributed by atoms with Crippen molar-refractivity contribution in [3.63, 3.8) is 0 Å². The van der Waals surface area contributed by atoms with Crippen molar-refractivity contribution in [1.29, 1.82) is 0 Å². The fourth-order valence-electron chi connectivity index (χ4n) is 3.35. The molecule has 6 nitrogen and oxygen atoms in total. The van der Waals surface area contributed by atoms with Crippen LogP contribution in [0.15, 0.2) is 10.6 Å². The molecule has 0 aromatic heterocycles. The molecule has 3 atom stereocenters. The van der Waals surface area contributed by atoms with E-state index in [-0.39, 0.29) is 17.0 Å². The Balaban J connectivity index is 1.79. The number of carbonyl (C=O) groups is 2. The summed E-state index contributed by atoms with van der Waals surface area (Å²) in [6.45, 7) is 3.52. The van der Waals surface area contributed by atoms with E-state index in [0.717, 1.165) is 37.3 Å². The van der Waals surface area contributed by atoms with Crippen molar-refractivity contribution in [2.75, 3.05) is 13.1 Å². The van der Waals surface area contributed by atoms with Gasteiger partial charge in [0, 0.05) is 4.91 Å². The summed E-state index contributed by atoms with van der Waals surface area (Å²) in [6.07, 6.45) is 2.06. The van der Waals surface area contributed by atoms with Gasteiger partial charge in [-0.25, -0.2) is 4.79 Å². The van der Waals surface area contributed by atoms with Crippen molar-refractivity contribution >= 4 is 23.6 Å². The van der Waals surface area contributed by atoms with Gasteiger partial charge in [0.05, 0.1) is 12.0 Å². The van der Waals surface area contributed by atoms with Gasteiger partial charge in [0.25, 0.3) is 0 Å². The van der Waals surface area contributed by atoms with Gasteiger partial charge in [-0.1, -0.05) is 0 Å². The van der Waals surface area contributed by atoms with Gasteiger partial charge < -0.3 is 15.5 Å². The van der Waals surface area contributed by atoms with Crippen molar-refractivity contribution in [3.05, 3.63) is 10.6 Å². The molecule has 0 bridgehead atoms. The van der Waals surface area contributed by atoms with Crippen molar-refractivity contribution in [3.8, 4) is 0 Å². The summed E-state index contributed by atoms with van der Waals surface area (Å²) in [5.41, 5.74) is 0.144. The normalized spacial score (nSPS) is 31.1. The Morgan fingerprint density at radius 2 is 2.14 bits per heavy atom. The van der Waals surface area contributed by atoms with Crippen molar-refractivity contribution in [1.82, 2.24) is 10.2 Å². The van der Waals surface area contributed by atoms with Crippen LogP contribution in [0.25, 0.3) is 0 Å². The number of β-lactam (4-membered cyclic amide) rings is 1. The number of nitrogens with one attached hydrogen (secondary N) is 1. The maximum absolute atomic E-state index is 12.1. The second-order valence-electron chi connectivity index (χ2n) is 5.96. The molecule has 2 unspecified atom stereocenters. The predicted octanol–water partition coefficient (Wildman–Crippen LogP) is 0.584. The number of amides is 1. The number of hydrogen-bond acceptors (Lipinski definition) is 5. The molecule has 7 heteroatoms. The van der Waals surface area contributed by atoms with Gasteiger partial charge in [0.1, 0.15) is 11.1 Å². The monoisotopic (exact) mass is 312 g/mol. The smallest absolute Gasteiger partial charge is 0.353 e. The quantitative estimate of drug-likeness (QED) is 0.658. The molecular weight excluding hydrogens is 292 g/mol. The van der Waals surface area contributed by atoms with E-state index in [1.54, 1.807) is 6.92 Å². The number of carbonyl (C=O) groups excluding carboxylic acids is 1. The van der Waals surface area contributed by atoms with E-state index < -0.39 is 18.0 Å². The van der Waals surface area contributed by atoms with E-state index in [2.05, 4.69) is 5.32 Å². The minimum atomic E-state index is -1.04. The lowest BCUT2D eigenvalue weighted by Crippen LogP contribution is -2.60. The first-order valence-corrected chi connectivity index (χ1v) is 8.23. The summed E-state index contributed by atoms with van der Waals surface area (Å²) < 4.78 is 0. The highest BCUT2D eigenvalue weighted by Crippen LogP contribution is 2.52. The maximum atomic E-state index is 12.1. The van der Waals surface area contributed by atoms with Gasteiger partial charge in [0.2, 0.25) is 5.91 Å². The molecule has 2 fully saturated rings. The Morgan fingerprint density at radius 1 is 1.48 bits per heavy atom. The lowest BCUT2D eigenvalue weighted by Gasteiger charge is -2.43. The van der Waals surface area contributed by atoms with Crippen LogP contribution in [0.2, 0.25) is 0 Å². The predicted molar refractivity (Wildman–Crippen MR) is 78.3 cm³/mol. The van der Waals surface area contributed by atoms with E-state index in [9.17, 15) is 19.8 Å². The summed E-state index contributed by atoms with van der Waals surface area (Å²) in [7, 11) is 0. The Morgan fingerprint density at radius 3 is 2.71 bits per heavy atom. The number of nitrogens with zero attached hydrogens (tertiary/aromatic N) is 1.